The van der Waals surface area contributed by atoms with E-state index in [1.54, 1.807) is 31.3 Å². The predicted molar refractivity (Wildman–Crippen MR) is 125 cm³/mol. The lowest BCUT2D eigenvalue weighted by molar-refractivity contribution is -0.151. The van der Waals surface area contributed by atoms with E-state index in [1.807, 2.05) is 31.3 Å². The summed E-state index contributed by atoms with van der Waals surface area (Å²) in [5.74, 6) is 1.45. The fourth-order valence-electron chi connectivity index (χ4n) is 3.91. The van der Waals surface area contributed by atoms with Crippen LogP contribution in [0.4, 0.5) is 0 Å². The number of ether oxygens (including phenoxy) is 4. The Hall–Kier alpha value is -2.91. The first-order valence-corrected chi connectivity index (χ1v) is 11.6. The number of nitrogens with zero attached hydrogens (tertiary/aromatic N) is 1. The molecule has 0 spiro atoms. The third-order valence-corrected chi connectivity index (χ3v) is 6.79. The smallest absolute Gasteiger partial charge is 0.350 e. The van der Waals surface area contributed by atoms with Gasteiger partial charge in [0.25, 0.3) is 0 Å². The zero-order valence-corrected chi connectivity index (χ0v) is 20.1. The number of hydrogen-bond donors (Lipinski definition) is 2. The number of fused-ring (bicyclic) bond motifs is 1. The molecule has 2 aromatic carbocycles. The monoisotopic (exact) mass is 492 g/mol. The molecule has 4 rings (SSSR count). The average Bonchev–Trinajstić information content (AvgIpc) is 3.38. The first-order chi connectivity index (χ1) is 15.9. The minimum Gasteiger partial charge on any atom is -0.493 e. The molecular formula is C23H25ClN2O6S. The normalized spacial score (nSPS) is 18.7. The van der Waals surface area contributed by atoms with Crippen LogP contribution in [0.3, 0.4) is 0 Å². The quantitative estimate of drug-likeness (QED) is 0.518. The second-order valence-corrected chi connectivity index (χ2v) is 9.10. The van der Waals surface area contributed by atoms with Gasteiger partial charge in [-0.15, -0.1) is 0 Å². The van der Waals surface area contributed by atoms with Crippen molar-refractivity contribution in [3.8, 4) is 23.0 Å². The minimum absolute atomic E-state index is 0.140. The lowest BCUT2D eigenvalue weighted by Gasteiger charge is -2.36. The van der Waals surface area contributed by atoms with Gasteiger partial charge < -0.3 is 34.3 Å². The molecule has 176 valence electrons. The van der Waals surface area contributed by atoms with Gasteiger partial charge in [0.15, 0.2) is 23.0 Å². The summed E-state index contributed by atoms with van der Waals surface area (Å²) in [7, 11) is 3.16. The van der Waals surface area contributed by atoms with E-state index in [2.05, 4.69) is 5.32 Å². The van der Waals surface area contributed by atoms with E-state index in [9.17, 15) is 9.90 Å². The SMILES string of the molecule is CCCC1(C(=O)O)NC(Sc2ccc(OC)c(OC)c2)=CN1Cc1cc2c(cc1Cl)OCO2. The molecule has 8 nitrogen and oxygen atoms in total. The van der Waals surface area contributed by atoms with Crippen molar-refractivity contribution in [1.82, 2.24) is 10.2 Å². The molecule has 1 atom stereocenters. The topological polar surface area (TPSA) is 89.5 Å². The number of carboxylic acid groups (broad SMARTS) is 1. The fourth-order valence-corrected chi connectivity index (χ4v) is 5.08. The number of thioether (sulfide) groups is 1. The number of hydrogen-bond acceptors (Lipinski definition) is 8. The lowest BCUT2D eigenvalue weighted by atomic mass is 10.0. The number of carboxylic acids is 1. The molecule has 0 amide bonds. The second-order valence-electron chi connectivity index (χ2n) is 7.58. The first-order valence-electron chi connectivity index (χ1n) is 10.4. The van der Waals surface area contributed by atoms with E-state index in [-0.39, 0.29) is 13.3 Å². The van der Waals surface area contributed by atoms with Crippen molar-refractivity contribution < 1.29 is 28.8 Å². The Labute approximate surface area is 201 Å². The highest BCUT2D eigenvalue weighted by Gasteiger charge is 2.47. The highest BCUT2D eigenvalue weighted by atomic mass is 35.5. The summed E-state index contributed by atoms with van der Waals surface area (Å²) in [6, 6.07) is 9.07. The molecule has 0 saturated heterocycles. The summed E-state index contributed by atoms with van der Waals surface area (Å²) in [6.07, 6.45) is 2.90. The number of aliphatic carboxylic acids is 1. The van der Waals surface area contributed by atoms with Crippen molar-refractivity contribution in [2.75, 3.05) is 21.0 Å². The Balaban J connectivity index is 1.65. The van der Waals surface area contributed by atoms with Gasteiger partial charge in [0.1, 0.15) is 0 Å². The van der Waals surface area contributed by atoms with E-state index in [4.69, 9.17) is 30.5 Å². The lowest BCUT2D eigenvalue weighted by Crippen LogP contribution is -2.57. The van der Waals surface area contributed by atoms with Gasteiger partial charge in [-0.2, -0.15) is 0 Å². The number of nitrogens with one attached hydrogen (secondary N) is 1. The molecule has 0 bridgehead atoms. The van der Waals surface area contributed by atoms with E-state index >= 15 is 0 Å². The Kier molecular flexibility index (Phi) is 6.71. The van der Waals surface area contributed by atoms with E-state index in [0.717, 1.165) is 10.5 Å². The predicted octanol–water partition coefficient (Wildman–Crippen LogP) is 4.66. The number of carbonyl (C=O) groups is 1. The van der Waals surface area contributed by atoms with Gasteiger partial charge in [0.2, 0.25) is 12.5 Å². The largest absolute Gasteiger partial charge is 0.493 e. The molecule has 0 aliphatic carbocycles. The van der Waals surface area contributed by atoms with Gasteiger partial charge in [-0.25, -0.2) is 4.79 Å². The molecule has 0 radical (unpaired) electrons. The van der Waals surface area contributed by atoms with Gasteiger partial charge in [0, 0.05) is 35.2 Å². The summed E-state index contributed by atoms with van der Waals surface area (Å²) in [5, 5.41) is 14.7. The van der Waals surface area contributed by atoms with E-state index in [1.165, 1.54) is 11.8 Å². The summed E-state index contributed by atoms with van der Waals surface area (Å²) >= 11 is 7.90. The molecular weight excluding hydrogens is 468 g/mol. The number of benzene rings is 2. The number of rotatable bonds is 9. The summed E-state index contributed by atoms with van der Waals surface area (Å²) < 4.78 is 21.5. The van der Waals surface area contributed by atoms with Gasteiger partial charge in [-0.3, -0.25) is 0 Å². The molecule has 2 heterocycles. The Morgan fingerprint density at radius 1 is 1.21 bits per heavy atom. The van der Waals surface area contributed by atoms with Crippen LogP contribution in [0.25, 0.3) is 0 Å². The van der Waals surface area contributed by atoms with Crippen molar-refractivity contribution >= 4 is 29.3 Å². The Morgan fingerprint density at radius 3 is 2.61 bits per heavy atom. The van der Waals surface area contributed by atoms with Crippen molar-refractivity contribution in [3.63, 3.8) is 0 Å². The molecule has 2 N–H and O–H groups in total. The zero-order chi connectivity index (χ0) is 23.6. The van der Waals surface area contributed by atoms with E-state index < -0.39 is 11.6 Å². The van der Waals surface area contributed by atoms with Crippen LogP contribution in [-0.2, 0) is 11.3 Å². The fraction of sp³-hybridized carbons (Fsp3) is 0.348. The molecule has 0 fully saturated rings. The summed E-state index contributed by atoms with van der Waals surface area (Å²) in [4.78, 5) is 15.2. The standard InChI is InChI=1S/C23H25ClN2O6S/c1-4-7-23(22(27)28)25-21(33-15-5-6-17(29-2)18(9-15)30-3)12-26(23)11-14-8-19-20(10-16(14)24)32-13-31-19/h5-6,8-10,12,25H,4,7,11,13H2,1-3H3,(H,27,28). The molecule has 2 aliphatic rings. The zero-order valence-electron chi connectivity index (χ0n) is 18.5. The molecule has 2 aromatic rings. The first kappa shape index (κ1) is 23.3. The third-order valence-electron chi connectivity index (χ3n) is 5.52. The van der Waals surface area contributed by atoms with Crippen molar-refractivity contribution in [3.05, 3.63) is 52.1 Å². The summed E-state index contributed by atoms with van der Waals surface area (Å²) in [6.45, 7) is 2.38. The average molecular weight is 493 g/mol. The van der Waals surface area contributed by atoms with Gasteiger partial charge in [0.05, 0.1) is 19.2 Å². The molecule has 0 aromatic heterocycles. The molecule has 10 heteroatoms. The van der Waals surface area contributed by atoms with Crippen molar-refractivity contribution in [2.24, 2.45) is 0 Å². The van der Waals surface area contributed by atoms with Crippen LogP contribution in [-0.4, -0.2) is 42.7 Å². The van der Waals surface area contributed by atoms with Crippen LogP contribution in [0.5, 0.6) is 23.0 Å². The maximum absolute atomic E-state index is 12.5. The molecule has 0 saturated carbocycles. The molecule has 2 aliphatic heterocycles. The van der Waals surface area contributed by atoms with Crippen LogP contribution < -0.4 is 24.3 Å². The maximum atomic E-state index is 12.5. The third kappa shape index (κ3) is 4.47. The maximum Gasteiger partial charge on any atom is 0.350 e. The van der Waals surface area contributed by atoms with Crippen molar-refractivity contribution in [2.45, 2.75) is 36.9 Å². The number of halogens is 1. The minimum atomic E-state index is -1.30. The van der Waals surface area contributed by atoms with Gasteiger partial charge >= 0.3 is 5.97 Å². The highest BCUT2D eigenvalue weighted by molar-refractivity contribution is 8.03. The summed E-state index contributed by atoms with van der Waals surface area (Å²) in [5.41, 5.74) is -0.550. The molecule has 33 heavy (non-hydrogen) atoms. The van der Waals surface area contributed by atoms with Crippen LogP contribution in [0.2, 0.25) is 5.02 Å². The van der Waals surface area contributed by atoms with E-state index in [0.29, 0.717) is 45.9 Å². The second kappa shape index (κ2) is 9.52. The Morgan fingerprint density at radius 2 is 1.94 bits per heavy atom. The van der Waals surface area contributed by atoms with Crippen LogP contribution in [0.15, 0.2) is 46.5 Å². The Bertz CT molecular complexity index is 1090. The van der Waals surface area contributed by atoms with Crippen LogP contribution in [0, 0.1) is 0 Å². The highest BCUT2D eigenvalue weighted by Crippen LogP contribution is 2.41. The van der Waals surface area contributed by atoms with Crippen LogP contribution >= 0.6 is 23.4 Å². The van der Waals surface area contributed by atoms with Gasteiger partial charge in [-0.05, 0) is 29.8 Å². The van der Waals surface area contributed by atoms with Crippen molar-refractivity contribution in [1.29, 1.82) is 0 Å². The van der Waals surface area contributed by atoms with Gasteiger partial charge in [-0.1, -0.05) is 36.7 Å². The number of methoxy groups -OCH3 is 2. The molecule has 1 unspecified atom stereocenters. The van der Waals surface area contributed by atoms with Crippen LogP contribution in [0.1, 0.15) is 25.3 Å².